The molecule has 2 aromatic carbocycles. The van der Waals surface area contributed by atoms with Crippen LogP contribution in [0.4, 0.5) is 8.78 Å². The zero-order valence-corrected chi connectivity index (χ0v) is 12.7. The Bertz CT molecular complexity index is 941. The van der Waals surface area contributed by atoms with Crippen LogP contribution in [0.1, 0.15) is 22.8 Å². The van der Waals surface area contributed by atoms with Gasteiger partial charge in [-0.05, 0) is 30.2 Å². The SMILES string of the molecule is CCc1ccc(Oc2cnc3c(F)cccc3c2)c(C(=O)O)c1F. The van der Waals surface area contributed by atoms with Crippen LogP contribution in [0.2, 0.25) is 0 Å². The second-order valence-electron chi connectivity index (χ2n) is 5.16. The fourth-order valence-corrected chi connectivity index (χ4v) is 2.45. The normalized spacial score (nSPS) is 10.8. The summed E-state index contributed by atoms with van der Waals surface area (Å²) < 4.78 is 33.4. The molecule has 122 valence electrons. The summed E-state index contributed by atoms with van der Waals surface area (Å²) in [7, 11) is 0. The zero-order valence-electron chi connectivity index (χ0n) is 12.7. The Kier molecular flexibility index (Phi) is 4.12. The van der Waals surface area contributed by atoms with Gasteiger partial charge in [-0.1, -0.05) is 25.1 Å². The van der Waals surface area contributed by atoms with Crippen LogP contribution in [0, 0.1) is 11.6 Å². The van der Waals surface area contributed by atoms with E-state index in [0.717, 1.165) is 0 Å². The minimum atomic E-state index is -1.42. The van der Waals surface area contributed by atoms with Gasteiger partial charge < -0.3 is 9.84 Å². The average Bonchev–Trinajstić information content (AvgIpc) is 2.55. The van der Waals surface area contributed by atoms with Gasteiger partial charge in [-0.3, -0.25) is 0 Å². The molecule has 0 bridgehead atoms. The first-order valence-corrected chi connectivity index (χ1v) is 7.28. The van der Waals surface area contributed by atoms with Gasteiger partial charge in [0.2, 0.25) is 0 Å². The molecule has 4 nitrogen and oxygen atoms in total. The largest absolute Gasteiger partial charge is 0.477 e. The molecule has 6 heteroatoms. The van der Waals surface area contributed by atoms with Gasteiger partial charge in [0.15, 0.2) is 0 Å². The highest BCUT2D eigenvalue weighted by atomic mass is 19.1. The van der Waals surface area contributed by atoms with Crippen molar-refractivity contribution in [3.05, 3.63) is 65.4 Å². The number of carbonyl (C=O) groups is 1. The van der Waals surface area contributed by atoms with E-state index in [0.29, 0.717) is 17.4 Å². The molecule has 0 atom stereocenters. The van der Waals surface area contributed by atoms with Crippen molar-refractivity contribution < 1.29 is 23.4 Å². The number of pyridine rings is 1. The number of carboxylic acid groups (broad SMARTS) is 1. The van der Waals surface area contributed by atoms with Crippen LogP contribution in [0.3, 0.4) is 0 Å². The summed E-state index contributed by atoms with van der Waals surface area (Å²) in [4.78, 5) is 15.3. The van der Waals surface area contributed by atoms with Gasteiger partial charge in [0.25, 0.3) is 0 Å². The molecule has 1 heterocycles. The predicted octanol–water partition coefficient (Wildman–Crippen LogP) is 4.57. The van der Waals surface area contributed by atoms with E-state index in [1.807, 2.05) is 0 Å². The standard InChI is InChI=1S/C18H13F2NO3/c1-2-10-6-7-14(15(16(10)20)18(22)23)24-12-8-11-4-3-5-13(19)17(11)21-9-12/h3-9H,2H2,1H3,(H,22,23). The molecule has 0 aliphatic carbocycles. The van der Waals surface area contributed by atoms with Crippen molar-refractivity contribution in [2.45, 2.75) is 13.3 Å². The fraction of sp³-hybridized carbons (Fsp3) is 0.111. The van der Waals surface area contributed by atoms with Gasteiger partial charge in [0.05, 0.1) is 6.20 Å². The van der Waals surface area contributed by atoms with E-state index >= 15 is 0 Å². The zero-order chi connectivity index (χ0) is 17.3. The van der Waals surface area contributed by atoms with Gasteiger partial charge in [0.1, 0.15) is 34.2 Å². The molecule has 0 aliphatic heterocycles. The quantitative estimate of drug-likeness (QED) is 0.762. The number of para-hydroxylation sites is 1. The maximum absolute atomic E-state index is 14.3. The summed E-state index contributed by atoms with van der Waals surface area (Å²) in [6.45, 7) is 1.73. The number of hydrogen-bond acceptors (Lipinski definition) is 3. The summed E-state index contributed by atoms with van der Waals surface area (Å²) in [5, 5.41) is 9.76. The lowest BCUT2D eigenvalue weighted by atomic mass is 10.1. The van der Waals surface area contributed by atoms with Gasteiger partial charge in [-0.15, -0.1) is 0 Å². The Morgan fingerprint density at radius 3 is 2.75 bits per heavy atom. The van der Waals surface area contributed by atoms with E-state index in [2.05, 4.69) is 4.98 Å². The van der Waals surface area contributed by atoms with Crippen molar-refractivity contribution >= 4 is 16.9 Å². The second kappa shape index (κ2) is 6.23. The number of rotatable bonds is 4. The fourth-order valence-electron chi connectivity index (χ4n) is 2.45. The number of hydrogen-bond donors (Lipinski definition) is 1. The highest BCUT2D eigenvalue weighted by molar-refractivity contribution is 5.91. The minimum absolute atomic E-state index is 0.130. The average molecular weight is 329 g/mol. The molecule has 0 fully saturated rings. The molecule has 1 aromatic heterocycles. The second-order valence-corrected chi connectivity index (χ2v) is 5.16. The summed E-state index contributed by atoms with van der Waals surface area (Å²) in [6.07, 6.45) is 1.63. The number of nitrogens with zero attached hydrogens (tertiary/aromatic N) is 1. The molecule has 1 N–H and O–H groups in total. The molecule has 0 amide bonds. The first-order valence-electron chi connectivity index (χ1n) is 7.28. The monoisotopic (exact) mass is 329 g/mol. The van der Waals surface area contributed by atoms with Crippen LogP contribution in [-0.2, 0) is 6.42 Å². The molecule has 0 unspecified atom stereocenters. The highest BCUT2D eigenvalue weighted by Crippen LogP contribution is 2.30. The summed E-state index contributed by atoms with van der Waals surface area (Å²) in [6, 6.07) is 8.87. The van der Waals surface area contributed by atoms with Gasteiger partial charge >= 0.3 is 5.97 Å². The highest BCUT2D eigenvalue weighted by Gasteiger charge is 2.20. The molecule has 3 aromatic rings. The third-order valence-electron chi connectivity index (χ3n) is 3.64. The van der Waals surface area contributed by atoms with E-state index in [-0.39, 0.29) is 17.0 Å². The van der Waals surface area contributed by atoms with Crippen LogP contribution in [0.25, 0.3) is 10.9 Å². The first kappa shape index (κ1) is 15.9. The Morgan fingerprint density at radius 2 is 2.04 bits per heavy atom. The molecular formula is C18H13F2NO3. The van der Waals surface area contributed by atoms with E-state index < -0.39 is 23.2 Å². The van der Waals surface area contributed by atoms with Crippen LogP contribution in [-0.4, -0.2) is 16.1 Å². The Hall–Kier alpha value is -3.02. The molecule has 0 saturated heterocycles. The molecule has 0 spiro atoms. The lowest BCUT2D eigenvalue weighted by molar-refractivity contribution is 0.0688. The predicted molar refractivity (Wildman–Crippen MR) is 84.5 cm³/mol. The van der Waals surface area contributed by atoms with Gasteiger partial charge in [-0.2, -0.15) is 0 Å². The number of halogens is 2. The lowest BCUT2D eigenvalue weighted by Crippen LogP contribution is -2.06. The van der Waals surface area contributed by atoms with Crippen molar-refractivity contribution in [3.8, 4) is 11.5 Å². The summed E-state index contributed by atoms with van der Waals surface area (Å²) >= 11 is 0. The molecule has 24 heavy (non-hydrogen) atoms. The number of ether oxygens (including phenoxy) is 1. The number of aryl methyl sites for hydroxylation is 1. The maximum Gasteiger partial charge on any atom is 0.342 e. The number of aromatic nitrogens is 1. The van der Waals surface area contributed by atoms with Crippen LogP contribution < -0.4 is 4.74 Å². The summed E-state index contributed by atoms with van der Waals surface area (Å²) in [5.41, 5.74) is -0.0667. The molecular weight excluding hydrogens is 316 g/mol. The minimum Gasteiger partial charge on any atom is -0.477 e. The third-order valence-corrected chi connectivity index (χ3v) is 3.64. The number of benzene rings is 2. The maximum atomic E-state index is 14.3. The van der Waals surface area contributed by atoms with Gasteiger partial charge in [0, 0.05) is 5.39 Å². The van der Waals surface area contributed by atoms with Crippen molar-refractivity contribution in [1.29, 1.82) is 0 Å². The van der Waals surface area contributed by atoms with Crippen molar-refractivity contribution in [2.24, 2.45) is 0 Å². The third kappa shape index (κ3) is 2.78. The van der Waals surface area contributed by atoms with E-state index in [4.69, 9.17) is 4.74 Å². The Morgan fingerprint density at radius 1 is 1.25 bits per heavy atom. The van der Waals surface area contributed by atoms with E-state index in [9.17, 15) is 18.7 Å². The molecule has 3 rings (SSSR count). The lowest BCUT2D eigenvalue weighted by Gasteiger charge is -2.12. The molecule has 0 aliphatic rings. The summed E-state index contributed by atoms with van der Waals surface area (Å²) in [5.74, 6) is -2.64. The number of fused-ring (bicyclic) bond motifs is 1. The van der Waals surface area contributed by atoms with Crippen molar-refractivity contribution in [2.75, 3.05) is 0 Å². The number of aromatic carboxylic acids is 1. The van der Waals surface area contributed by atoms with Crippen molar-refractivity contribution in [1.82, 2.24) is 4.98 Å². The van der Waals surface area contributed by atoms with Crippen molar-refractivity contribution in [3.63, 3.8) is 0 Å². The first-order chi connectivity index (χ1) is 11.5. The smallest absolute Gasteiger partial charge is 0.342 e. The topological polar surface area (TPSA) is 59.4 Å². The van der Waals surface area contributed by atoms with Crippen LogP contribution in [0.5, 0.6) is 11.5 Å². The van der Waals surface area contributed by atoms with Crippen LogP contribution in [0.15, 0.2) is 42.6 Å². The van der Waals surface area contributed by atoms with E-state index in [1.54, 1.807) is 13.0 Å². The Labute approximate surface area is 136 Å². The molecule has 0 saturated carbocycles. The van der Waals surface area contributed by atoms with E-state index in [1.165, 1.54) is 36.5 Å². The Balaban J connectivity index is 2.05. The number of carboxylic acids is 1. The van der Waals surface area contributed by atoms with Gasteiger partial charge in [-0.25, -0.2) is 18.6 Å². The molecule has 0 radical (unpaired) electrons. The van der Waals surface area contributed by atoms with Crippen LogP contribution >= 0.6 is 0 Å².